The predicted octanol–water partition coefficient (Wildman–Crippen LogP) is 4.43. The molecule has 0 aliphatic carbocycles. The van der Waals surface area contributed by atoms with Gasteiger partial charge in [0.05, 0.1) is 23.0 Å². The van der Waals surface area contributed by atoms with Crippen LogP contribution in [-0.2, 0) is 14.3 Å². The fourth-order valence-electron chi connectivity index (χ4n) is 2.56. The SMILES string of the molecule is C#C/C=C/CC1OC(C(Br)CC)CC(OC(C)=O)C(Cl)CC1Cl. The largest absolute Gasteiger partial charge is 0.461 e. The van der Waals surface area contributed by atoms with E-state index in [1.54, 1.807) is 6.08 Å². The summed E-state index contributed by atoms with van der Waals surface area (Å²) in [5.41, 5.74) is 0. The summed E-state index contributed by atoms with van der Waals surface area (Å²) in [6, 6.07) is 0. The maximum Gasteiger partial charge on any atom is 0.302 e. The van der Waals surface area contributed by atoms with Crippen LogP contribution in [0.15, 0.2) is 12.2 Å². The molecule has 1 aliphatic heterocycles. The summed E-state index contributed by atoms with van der Waals surface area (Å²) in [7, 11) is 0. The van der Waals surface area contributed by atoms with Gasteiger partial charge in [-0.15, -0.1) is 29.6 Å². The molecular weight excluding hydrogens is 403 g/mol. The van der Waals surface area contributed by atoms with Gasteiger partial charge in [-0.25, -0.2) is 0 Å². The fourth-order valence-corrected chi connectivity index (χ4v) is 3.70. The summed E-state index contributed by atoms with van der Waals surface area (Å²) in [4.78, 5) is 11.5. The molecule has 1 rings (SSSR count). The molecule has 6 unspecified atom stereocenters. The Balaban J connectivity index is 2.92. The molecule has 6 atom stereocenters. The lowest BCUT2D eigenvalue weighted by atomic mass is 9.96. The normalized spacial score (nSPS) is 33.5. The van der Waals surface area contributed by atoms with Crippen LogP contribution in [0.1, 0.15) is 39.5 Å². The van der Waals surface area contributed by atoms with Crippen molar-refractivity contribution in [3.63, 3.8) is 0 Å². The Hall–Kier alpha value is -0.210. The number of carbonyl (C=O) groups excluding carboxylic acids is 1. The van der Waals surface area contributed by atoms with Crippen LogP contribution in [0.4, 0.5) is 0 Å². The van der Waals surface area contributed by atoms with Crippen molar-refractivity contribution in [2.45, 2.75) is 73.4 Å². The summed E-state index contributed by atoms with van der Waals surface area (Å²) >= 11 is 16.6. The van der Waals surface area contributed by atoms with E-state index < -0.39 is 6.10 Å². The van der Waals surface area contributed by atoms with Crippen LogP contribution in [0.2, 0.25) is 0 Å². The van der Waals surface area contributed by atoms with Gasteiger partial charge in [0, 0.05) is 18.2 Å². The van der Waals surface area contributed by atoms with Gasteiger partial charge in [-0.2, -0.15) is 0 Å². The zero-order chi connectivity index (χ0) is 17.4. The van der Waals surface area contributed by atoms with Gasteiger partial charge in [-0.05, 0) is 25.3 Å². The third kappa shape index (κ3) is 7.05. The molecule has 0 aromatic rings. The Kier molecular flexibility index (Phi) is 9.61. The highest BCUT2D eigenvalue weighted by molar-refractivity contribution is 9.09. The van der Waals surface area contributed by atoms with Crippen molar-refractivity contribution in [2.75, 3.05) is 0 Å². The second-order valence-corrected chi connectivity index (χ2v) is 7.89. The summed E-state index contributed by atoms with van der Waals surface area (Å²) < 4.78 is 11.6. The molecule has 1 saturated heterocycles. The van der Waals surface area contributed by atoms with Gasteiger partial charge in [0.1, 0.15) is 6.10 Å². The fraction of sp³-hybridized carbons (Fsp3) is 0.706. The highest BCUT2D eigenvalue weighted by atomic mass is 79.9. The van der Waals surface area contributed by atoms with Crippen molar-refractivity contribution >= 4 is 45.1 Å². The molecule has 0 saturated carbocycles. The summed E-state index contributed by atoms with van der Waals surface area (Å²) in [6.45, 7) is 3.45. The van der Waals surface area contributed by atoms with Crippen molar-refractivity contribution in [1.29, 1.82) is 0 Å². The first-order valence-corrected chi connectivity index (χ1v) is 9.53. The molecule has 0 spiro atoms. The van der Waals surface area contributed by atoms with Crippen molar-refractivity contribution in [3.8, 4) is 12.3 Å². The second-order valence-electron chi connectivity index (χ2n) is 5.59. The number of hydrogen-bond donors (Lipinski definition) is 0. The molecule has 0 aromatic carbocycles. The first kappa shape index (κ1) is 20.8. The van der Waals surface area contributed by atoms with E-state index in [9.17, 15) is 4.79 Å². The number of terminal acetylenes is 1. The molecule has 0 radical (unpaired) electrons. The number of halogens is 3. The average molecular weight is 426 g/mol. The van der Waals surface area contributed by atoms with Crippen molar-refractivity contribution in [3.05, 3.63) is 12.2 Å². The van der Waals surface area contributed by atoms with E-state index in [0.29, 0.717) is 19.3 Å². The molecule has 1 heterocycles. The van der Waals surface area contributed by atoms with E-state index in [-0.39, 0.29) is 33.8 Å². The summed E-state index contributed by atoms with van der Waals surface area (Å²) in [5, 5.41) is -0.624. The van der Waals surface area contributed by atoms with Crippen LogP contribution in [-0.4, -0.2) is 39.9 Å². The van der Waals surface area contributed by atoms with Gasteiger partial charge in [0.2, 0.25) is 0 Å². The van der Waals surface area contributed by atoms with Crippen LogP contribution in [0.5, 0.6) is 0 Å². The molecule has 0 N–H and O–H groups in total. The number of hydrogen-bond acceptors (Lipinski definition) is 3. The lowest BCUT2D eigenvalue weighted by molar-refractivity contribution is -0.150. The van der Waals surface area contributed by atoms with Crippen molar-refractivity contribution < 1.29 is 14.3 Å². The average Bonchev–Trinajstić information content (AvgIpc) is 2.49. The Morgan fingerprint density at radius 3 is 2.74 bits per heavy atom. The van der Waals surface area contributed by atoms with Gasteiger partial charge < -0.3 is 9.47 Å². The number of rotatable bonds is 5. The van der Waals surface area contributed by atoms with E-state index in [0.717, 1.165) is 6.42 Å². The molecule has 0 bridgehead atoms. The number of allylic oxidation sites excluding steroid dienone is 1. The Labute approximate surface area is 157 Å². The maximum atomic E-state index is 11.3. The molecule has 6 heteroatoms. The third-order valence-corrected chi connectivity index (χ3v) is 5.92. The lowest BCUT2D eigenvalue weighted by Crippen LogP contribution is -2.44. The van der Waals surface area contributed by atoms with E-state index in [1.165, 1.54) is 6.92 Å². The summed E-state index contributed by atoms with van der Waals surface area (Å²) in [5.74, 6) is 2.12. The standard InChI is InChI=1S/C17H23BrCl2O3/c1-4-6-7-8-15-13(19)9-14(20)17(22-11(3)21)10-16(23-15)12(18)5-2/h1,6-7,12-17H,5,8-10H2,2-3H3/b7-6+. The van der Waals surface area contributed by atoms with Crippen molar-refractivity contribution in [2.24, 2.45) is 0 Å². The van der Waals surface area contributed by atoms with E-state index in [1.807, 2.05) is 6.08 Å². The molecule has 0 aromatic heterocycles. The predicted molar refractivity (Wildman–Crippen MR) is 98.3 cm³/mol. The zero-order valence-corrected chi connectivity index (χ0v) is 16.5. The molecule has 1 fully saturated rings. The molecule has 3 nitrogen and oxygen atoms in total. The second kappa shape index (κ2) is 10.6. The number of esters is 1. The van der Waals surface area contributed by atoms with Crippen LogP contribution in [0.3, 0.4) is 0 Å². The minimum Gasteiger partial charge on any atom is -0.461 e. The van der Waals surface area contributed by atoms with E-state index in [4.69, 9.17) is 39.1 Å². The third-order valence-electron chi connectivity index (χ3n) is 3.76. The number of carbonyl (C=O) groups is 1. The van der Waals surface area contributed by atoms with Crippen LogP contribution in [0.25, 0.3) is 0 Å². The highest BCUT2D eigenvalue weighted by Crippen LogP contribution is 2.32. The van der Waals surface area contributed by atoms with Crippen molar-refractivity contribution in [1.82, 2.24) is 0 Å². The zero-order valence-electron chi connectivity index (χ0n) is 13.4. The van der Waals surface area contributed by atoms with E-state index >= 15 is 0 Å². The van der Waals surface area contributed by atoms with Crippen LogP contribution in [0, 0.1) is 12.3 Å². The molecule has 0 amide bonds. The van der Waals surface area contributed by atoms with Gasteiger partial charge in [0.15, 0.2) is 0 Å². The van der Waals surface area contributed by atoms with E-state index in [2.05, 4.69) is 28.8 Å². The Morgan fingerprint density at radius 2 is 2.17 bits per heavy atom. The maximum absolute atomic E-state index is 11.3. The molecule has 130 valence electrons. The lowest BCUT2D eigenvalue weighted by Gasteiger charge is -2.37. The highest BCUT2D eigenvalue weighted by Gasteiger charge is 2.37. The van der Waals surface area contributed by atoms with Gasteiger partial charge >= 0.3 is 5.97 Å². The smallest absolute Gasteiger partial charge is 0.302 e. The molecule has 23 heavy (non-hydrogen) atoms. The van der Waals surface area contributed by atoms with Gasteiger partial charge in [-0.3, -0.25) is 4.79 Å². The van der Waals surface area contributed by atoms with Crippen LogP contribution >= 0.6 is 39.1 Å². The molecule has 1 aliphatic rings. The quantitative estimate of drug-likeness (QED) is 0.371. The Bertz CT molecular complexity index is 450. The first-order chi connectivity index (χ1) is 10.9. The summed E-state index contributed by atoms with van der Waals surface area (Å²) in [6.07, 6.45) is 10.6. The Morgan fingerprint density at radius 1 is 1.48 bits per heavy atom. The van der Waals surface area contributed by atoms with Gasteiger partial charge in [0.25, 0.3) is 0 Å². The topological polar surface area (TPSA) is 35.5 Å². The number of ether oxygens (including phenoxy) is 2. The molecular formula is C17H23BrCl2O3. The van der Waals surface area contributed by atoms with Crippen LogP contribution < -0.4 is 0 Å². The monoisotopic (exact) mass is 424 g/mol. The first-order valence-electron chi connectivity index (χ1n) is 7.75. The minimum absolute atomic E-state index is 0.130. The number of alkyl halides is 3. The van der Waals surface area contributed by atoms with Gasteiger partial charge in [-0.1, -0.05) is 34.9 Å². The minimum atomic E-state index is -0.408.